The van der Waals surface area contributed by atoms with Crippen LogP contribution in [0.25, 0.3) is 11.8 Å². The highest BCUT2D eigenvalue weighted by molar-refractivity contribution is 5.89. The van der Waals surface area contributed by atoms with Gasteiger partial charge in [0.1, 0.15) is 11.6 Å². The molecule has 0 spiro atoms. The number of pyridine rings is 1. The third kappa shape index (κ3) is 8.42. The quantitative estimate of drug-likeness (QED) is 0.272. The van der Waals surface area contributed by atoms with Crippen molar-refractivity contribution >= 4 is 29.0 Å². The van der Waals surface area contributed by atoms with E-state index in [2.05, 4.69) is 50.3 Å². The first kappa shape index (κ1) is 26.2. The highest BCUT2D eigenvalue weighted by Gasteiger charge is 2.23. The lowest BCUT2D eigenvalue weighted by molar-refractivity contribution is 0.167. The number of aromatic nitrogens is 1. The summed E-state index contributed by atoms with van der Waals surface area (Å²) in [6.07, 6.45) is 8.35. The zero-order valence-electron chi connectivity index (χ0n) is 21.0. The number of hydrogen-bond donors (Lipinski definition) is 4. The number of nitrogens with one attached hydrogen (secondary N) is 2. The van der Waals surface area contributed by atoms with Crippen LogP contribution in [0.3, 0.4) is 0 Å². The topological polar surface area (TPSA) is 108 Å². The van der Waals surface area contributed by atoms with Crippen molar-refractivity contribution in [1.29, 1.82) is 0 Å². The van der Waals surface area contributed by atoms with E-state index in [1.165, 1.54) is 0 Å². The minimum absolute atomic E-state index is 0.199. The van der Waals surface area contributed by atoms with Crippen molar-refractivity contribution in [3.8, 4) is 5.75 Å². The molecule has 0 saturated heterocycles. The summed E-state index contributed by atoms with van der Waals surface area (Å²) in [5.41, 5.74) is 10.4. The van der Waals surface area contributed by atoms with E-state index in [0.29, 0.717) is 42.0 Å². The summed E-state index contributed by atoms with van der Waals surface area (Å²) in [5.74, 6) is 1.50. The van der Waals surface area contributed by atoms with Gasteiger partial charge in [-0.05, 0) is 69.1 Å². The number of aliphatic hydroxyl groups is 1. The monoisotopic (exact) mass is 478 g/mol. The Morgan fingerprint density at radius 2 is 2.14 bits per heavy atom. The SMILES string of the molecule is C=C(N=C(N)CNc1ccc(NC)c(/C=C/CN(C)C)c1)c1cc(OCC2CCC(O)C2)ccn1. The molecule has 1 aliphatic carbocycles. The molecule has 188 valence electrons. The Balaban J connectivity index is 1.57. The number of aliphatic hydroxyl groups excluding tert-OH is 1. The van der Waals surface area contributed by atoms with Gasteiger partial charge in [-0.3, -0.25) is 4.98 Å². The first-order valence-corrected chi connectivity index (χ1v) is 12.0. The zero-order chi connectivity index (χ0) is 25.2. The van der Waals surface area contributed by atoms with E-state index in [9.17, 15) is 5.11 Å². The molecule has 1 fully saturated rings. The largest absolute Gasteiger partial charge is 0.493 e. The minimum Gasteiger partial charge on any atom is -0.493 e. The van der Waals surface area contributed by atoms with E-state index >= 15 is 0 Å². The Labute approximate surface area is 208 Å². The zero-order valence-corrected chi connectivity index (χ0v) is 21.0. The number of benzene rings is 1. The number of nitrogens with zero attached hydrogens (tertiary/aromatic N) is 3. The number of likely N-dealkylation sites (N-methyl/N-ethyl adjacent to an activating group) is 1. The Morgan fingerprint density at radius 1 is 1.31 bits per heavy atom. The summed E-state index contributed by atoms with van der Waals surface area (Å²) in [7, 11) is 5.99. The number of ether oxygens (including phenoxy) is 1. The molecule has 2 aromatic rings. The smallest absolute Gasteiger partial charge is 0.123 e. The van der Waals surface area contributed by atoms with E-state index in [4.69, 9.17) is 10.5 Å². The van der Waals surface area contributed by atoms with Gasteiger partial charge in [-0.1, -0.05) is 18.7 Å². The molecule has 35 heavy (non-hydrogen) atoms. The fraction of sp³-hybridized carbons (Fsp3) is 0.407. The van der Waals surface area contributed by atoms with Crippen molar-refractivity contribution in [2.24, 2.45) is 16.6 Å². The number of anilines is 2. The Hall–Kier alpha value is -3.36. The maximum absolute atomic E-state index is 9.69. The highest BCUT2D eigenvalue weighted by Crippen LogP contribution is 2.27. The second kappa shape index (κ2) is 12.9. The average molecular weight is 479 g/mol. The molecule has 8 heteroatoms. The van der Waals surface area contributed by atoms with Crippen LogP contribution in [-0.2, 0) is 0 Å². The van der Waals surface area contributed by atoms with Gasteiger partial charge in [0, 0.05) is 37.2 Å². The van der Waals surface area contributed by atoms with E-state index in [1.54, 1.807) is 6.20 Å². The third-order valence-corrected chi connectivity index (χ3v) is 5.87. The van der Waals surface area contributed by atoms with Crippen molar-refractivity contribution in [2.75, 3.05) is 51.5 Å². The number of hydrogen-bond acceptors (Lipinski definition) is 7. The third-order valence-electron chi connectivity index (χ3n) is 5.87. The summed E-state index contributed by atoms with van der Waals surface area (Å²) in [4.78, 5) is 10.9. The van der Waals surface area contributed by atoms with Gasteiger partial charge in [-0.25, -0.2) is 4.99 Å². The maximum Gasteiger partial charge on any atom is 0.123 e. The van der Waals surface area contributed by atoms with Crippen LogP contribution in [0.15, 0.2) is 54.2 Å². The van der Waals surface area contributed by atoms with Crippen LogP contribution in [-0.4, -0.2) is 67.8 Å². The fourth-order valence-corrected chi connectivity index (χ4v) is 3.96. The second-order valence-electron chi connectivity index (χ2n) is 9.14. The maximum atomic E-state index is 9.69. The average Bonchev–Trinajstić information content (AvgIpc) is 3.26. The molecule has 0 bridgehead atoms. The second-order valence-corrected chi connectivity index (χ2v) is 9.14. The van der Waals surface area contributed by atoms with Crippen LogP contribution < -0.4 is 21.1 Å². The molecule has 8 nitrogen and oxygen atoms in total. The summed E-state index contributed by atoms with van der Waals surface area (Å²) in [6, 6.07) is 9.75. The number of nitrogens with two attached hydrogens (primary N) is 1. The Kier molecular flexibility index (Phi) is 9.69. The van der Waals surface area contributed by atoms with Gasteiger partial charge in [0.2, 0.25) is 0 Å². The van der Waals surface area contributed by atoms with Crippen molar-refractivity contribution < 1.29 is 9.84 Å². The van der Waals surface area contributed by atoms with E-state index in [-0.39, 0.29) is 6.10 Å². The Morgan fingerprint density at radius 3 is 2.86 bits per heavy atom. The molecule has 5 N–H and O–H groups in total. The molecule has 1 aromatic heterocycles. The van der Waals surface area contributed by atoms with Crippen molar-refractivity contribution in [3.05, 3.63) is 60.4 Å². The minimum atomic E-state index is -0.199. The molecule has 1 saturated carbocycles. The van der Waals surface area contributed by atoms with Gasteiger partial charge in [-0.2, -0.15) is 0 Å². The van der Waals surface area contributed by atoms with Crippen LogP contribution in [0.2, 0.25) is 0 Å². The van der Waals surface area contributed by atoms with Gasteiger partial charge in [0.05, 0.1) is 30.6 Å². The standard InChI is InChI=1S/C27H38N6O2/c1-19(26-16-24(11-12-30-26)35-18-20-7-9-23(34)14-20)32-27(28)17-31-22-8-10-25(29-2)21(15-22)6-5-13-33(3)4/h5-6,8,10-12,15-16,20,23,29,31,34H,1,7,9,13-14,17-18H2,2-4H3,(H2,28,32)/b6-5+. The van der Waals surface area contributed by atoms with Crippen LogP contribution in [0.4, 0.5) is 11.4 Å². The highest BCUT2D eigenvalue weighted by atomic mass is 16.5. The van der Waals surface area contributed by atoms with Crippen LogP contribution >= 0.6 is 0 Å². The number of rotatable bonds is 12. The molecule has 3 rings (SSSR count). The molecule has 1 aliphatic rings. The first-order valence-electron chi connectivity index (χ1n) is 12.0. The molecule has 2 atom stereocenters. The summed E-state index contributed by atoms with van der Waals surface area (Å²) in [5, 5.41) is 16.2. The molecular formula is C27H38N6O2. The number of amidine groups is 1. The van der Waals surface area contributed by atoms with Crippen LogP contribution in [0.5, 0.6) is 5.75 Å². The van der Waals surface area contributed by atoms with Gasteiger partial charge in [0.15, 0.2) is 0 Å². The lowest BCUT2D eigenvalue weighted by Gasteiger charge is -2.13. The van der Waals surface area contributed by atoms with Gasteiger partial charge >= 0.3 is 0 Å². The van der Waals surface area contributed by atoms with Crippen LogP contribution in [0.1, 0.15) is 30.5 Å². The first-order chi connectivity index (χ1) is 16.8. The summed E-state index contributed by atoms with van der Waals surface area (Å²) < 4.78 is 5.91. The predicted molar refractivity (Wildman–Crippen MR) is 146 cm³/mol. The molecule has 0 radical (unpaired) electrons. The lowest BCUT2D eigenvalue weighted by atomic mass is 10.1. The van der Waals surface area contributed by atoms with Gasteiger partial charge < -0.3 is 31.1 Å². The van der Waals surface area contributed by atoms with E-state index in [0.717, 1.165) is 42.7 Å². The molecule has 1 heterocycles. The van der Waals surface area contributed by atoms with Crippen molar-refractivity contribution in [2.45, 2.75) is 25.4 Å². The molecule has 1 aromatic carbocycles. The van der Waals surface area contributed by atoms with E-state index < -0.39 is 0 Å². The molecule has 0 aliphatic heterocycles. The van der Waals surface area contributed by atoms with E-state index in [1.807, 2.05) is 45.4 Å². The molecule has 0 amide bonds. The molecular weight excluding hydrogens is 440 g/mol. The summed E-state index contributed by atoms with van der Waals surface area (Å²) in [6.45, 7) is 5.85. The van der Waals surface area contributed by atoms with Crippen molar-refractivity contribution in [1.82, 2.24) is 9.88 Å². The van der Waals surface area contributed by atoms with Gasteiger partial charge in [-0.15, -0.1) is 0 Å². The molecule has 2 unspecified atom stereocenters. The van der Waals surface area contributed by atoms with Crippen molar-refractivity contribution in [3.63, 3.8) is 0 Å². The normalized spacial score (nSPS) is 18.3. The fourth-order valence-electron chi connectivity index (χ4n) is 3.96. The number of aliphatic imine (C=N–C) groups is 1. The predicted octanol–water partition coefficient (Wildman–Crippen LogP) is 3.68. The Bertz CT molecular complexity index is 1050. The lowest BCUT2D eigenvalue weighted by Crippen LogP contribution is -2.22. The van der Waals surface area contributed by atoms with Crippen LogP contribution in [0, 0.1) is 5.92 Å². The van der Waals surface area contributed by atoms with Gasteiger partial charge in [0.25, 0.3) is 0 Å². The summed E-state index contributed by atoms with van der Waals surface area (Å²) >= 11 is 0.